The third-order valence-electron chi connectivity index (χ3n) is 4.38. The minimum absolute atomic E-state index is 0. The van der Waals surface area contributed by atoms with Crippen LogP contribution in [0, 0.1) is 0 Å². The first-order valence-corrected chi connectivity index (χ1v) is 9.58. The highest BCUT2D eigenvalue weighted by atomic mass is 127. The quantitative estimate of drug-likeness (QED) is 0.216. The van der Waals surface area contributed by atoms with Crippen molar-refractivity contribution in [1.29, 1.82) is 0 Å². The number of rotatable bonds is 11. The van der Waals surface area contributed by atoms with Gasteiger partial charge in [0.05, 0.1) is 19.8 Å². The molecule has 0 amide bonds. The molecule has 1 heterocycles. The molecule has 7 heteroatoms. The third kappa shape index (κ3) is 10.2. The zero-order valence-electron chi connectivity index (χ0n) is 16.5. The van der Waals surface area contributed by atoms with Gasteiger partial charge < -0.3 is 24.8 Å². The molecule has 27 heavy (non-hydrogen) atoms. The van der Waals surface area contributed by atoms with Gasteiger partial charge >= 0.3 is 0 Å². The number of halogens is 1. The number of guanidine groups is 1. The number of hydrogen-bond acceptors (Lipinski definition) is 4. The van der Waals surface area contributed by atoms with E-state index in [9.17, 15) is 0 Å². The molecule has 1 atom stereocenters. The van der Waals surface area contributed by atoms with E-state index in [-0.39, 0.29) is 24.0 Å². The Hall–Kier alpha value is -1.06. The second-order valence-corrected chi connectivity index (χ2v) is 6.44. The van der Waals surface area contributed by atoms with Crippen molar-refractivity contribution in [2.24, 2.45) is 4.99 Å². The minimum atomic E-state index is 0. The molecule has 2 N–H and O–H groups in total. The Morgan fingerprint density at radius 2 is 2.07 bits per heavy atom. The van der Waals surface area contributed by atoms with Crippen LogP contribution in [-0.2, 0) is 15.9 Å². The first kappa shape index (κ1) is 24.0. The maximum Gasteiger partial charge on any atom is 0.190 e. The number of benzene rings is 1. The summed E-state index contributed by atoms with van der Waals surface area (Å²) in [4.78, 5) is 4.25. The van der Waals surface area contributed by atoms with E-state index in [2.05, 4.69) is 27.8 Å². The summed E-state index contributed by atoms with van der Waals surface area (Å²) in [6, 6.07) is 8.22. The van der Waals surface area contributed by atoms with Crippen molar-refractivity contribution in [3.05, 3.63) is 29.8 Å². The van der Waals surface area contributed by atoms with Crippen LogP contribution in [0.15, 0.2) is 29.3 Å². The van der Waals surface area contributed by atoms with Gasteiger partial charge in [0.15, 0.2) is 5.96 Å². The molecule has 1 saturated heterocycles. The van der Waals surface area contributed by atoms with E-state index < -0.39 is 0 Å². The number of aryl methyl sites for hydroxylation is 1. The number of hydrogen-bond donors (Lipinski definition) is 2. The lowest BCUT2D eigenvalue weighted by Crippen LogP contribution is -2.38. The molecule has 1 aromatic carbocycles. The fourth-order valence-electron chi connectivity index (χ4n) is 2.92. The molecule has 0 bridgehead atoms. The Balaban J connectivity index is 0.00000364. The maximum absolute atomic E-state index is 5.66. The topological polar surface area (TPSA) is 64.1 Å². The zero-order chi connectivity index (χ0) is 18.5. The Morgan fingerprint density at radius 1 is 1.26 bits per heavy atom. The summed E-state index contributed by atoms with van der Waals surface area (Å²) in [5.41, 5.74) is 1.29. The van der Waals surface area contributed by atoms with Gasteiger partial charge in [-0.1, -0.05) is 12.1 Å². The molecule has 0 saturated carbocycles. The van der Waals surface area contributed by atoms with Gasteiger partial charge in [-0.2, -0.15) is 0 Å². The molecule has 1 aromatic rings. The van der Waals surface area contributed by atoms with Crippen molar-refractivity contribution < 1.29 is 14.2 Å². The molecule has 2 rings (SSSR count). The SMILES string of the molecule is CN=C(NCCCOCC1CCCO1)NCCCc1cccc(OC)c1.I. The lowest BCUT2D eigenvalue weighted by atomic mass is 10.1. The maximum atomic E-state index is 5.66. The van der Waals surface area contributed by atoms with E-state index in [0.29, 0.717) is 6.10 Å². The molecule has 0 aromatic heterocycles. The summed E-state index contributed by atoms with van der Waals surface area (Å²) in [5, 5.41) is 6.67. The normalized spacial score (nSPS) is 16.7. The largest absolute Gasteiger partial charge is 0.497 e. The third-order valence-corrected chi connectivity index (χ3v) is 4.38. The molecule has 1 fully saturated rings. The van der Waals surface area contributed by atoms with Crippen molar-refractivity contribution in [1.82, 2.24) is 10.6 Å². The number of nitrogens with zero attached hydrogens (tertiary/aromatic N) is 1. The molecule has 6 nitrogen and oxygen atoms in total. The van der Waals surface area contributed by atoms with Gasteiger partial charge in [0.1, 0.15) is 5.75 Å². The summed E-state index contributed by atoms with van der Waals surface area (Å²) in [7, 11) is 3.50. The Labute approximate surface area is 180 Å². The summed E-state index contributed by atoms with van der Waals surface area (Å²) in [6.45, 7) is 4.08. The molecular weight excluding hydrogens is 457 g/mol. The van der Waals surface area contributed by atoms with Crippen LogP contribution < -0.4 is 15.4 Å². The standard InChI is InChI=1S/C20H33N3O3.HI/c1-21-20(23-12-6-13-25-16-19-10-5-14-26-19)22-11-4-8-17-7-3-9-18(15-17)24-2;/h3,7,9,15,19H,4-6,8,10-14,16H2,1-2H3,(H2,21,22,23);1H. The molecule has 1 aliphatic rings. The predicted octanol–water partition coefficient (Wildman–Crippen LogP) is 3.00. The molecule has 154 valence electrons. The predicted molar refractivity (Wildman–Crippen MR) is 121 cm³/mol. The van der Waals surface area contributed by atoms with Gasteiger partial charge in [-0.05, 0) is 49.8 Å². The van der Waals surface area contributed by atoms with E-state index in [1.165, 1.54) is 5.56 Å². The minimum Gasteiger partial charge on any atom is -0.497 e. The zero-order valence-corrected chi connectivity index (χ0v) is 18.9. The van der Waals surface area contributed by atoms with E-state index >= 15 is 0 Å². The highest BCUT2D eigenvalue weighted by Crippen LogP contribution is 2.13. The van der Waals surface area contributed by atoms with Crippen LogP contribution in [0.3, 0.4) is 0 Å². The highest BCUT2D eigenvalue weighted by molar-refractivity contribution is 14.0. The van der Waals surface area contributed by atoms with Crippen molar-refractivity contribution in [2.75, 3.05) is 47.1 Å². The molecule has 1 unspecified atom stereocenters. The second kappa shape index (κ2) is 14.9. The van der Waals surface area contributed by atoms with E-state index in [1.807, 2.05) is 12.1 Å². The fraction of sp³-hybridized carbons (Fsp3) is 0.650. The number of aliphatic imine (C=N–C) groups is 1. The Kier molecular flexibility index (Phi) is 13.3. The first-order valence-electron chi connectivity index (χ1n) is 9.58. The van der Waals surface area contributed by atoms with Gasteiger partial charge in [0, 0.05) is 33.4 Å². The van der Waals surface area contributed by atoms with Crippen LogP contribution in [0.25, 0.3) is 0 Å². The van der Waals surface area contributed by atoms with E-state index in [4.69, 9.17) is 14.2 Å². The van der Waals surface area contributed by atoms with Crippen molar-refractivity contribution in [3.63, 3.8) is 0 Å². The summed E-state index contributed by atoms with van der Waals surface area (Å²) in [6.07, 6.45) is 5.61. The Morgan fingerprint density at radius 3 is 2.78 bits per heavy atom. The number of nitrogens with one attached hydrogen (secondary N) is 2. The van der Waals surface area contributed by atoms with E-state index in [0.717, 1.165) is 76.7 Å². The molecular formula is C20H34IN3O3. The summed E-state index contributed by atoms with van der Waals surface area (Å²) >= 11 is 0. The molecule has 0 radical (unpaired) electrons. The molecule has 0 spiro atoms. The molecule has 1 aliphatic heterocycles. The van der Waals surface area contributed by atoms with Crippen LogP contribution in [0.4, 0.5) is 0 Å². The average molecular weight is 491 g/mol. The fourth-order valence-corrected chi connectivity index (χ4v) is 2.92. The lowest BCUT2D eigenvalue weighted by molar-refractivity contribution is 0.0168. The average Bonchev–Trinajstić information content (AvgIpc) is 3.19. The summed E-state index contributed by atoms with van der Waals surface area (Å²) < 4.78 is 16.5. The van der Waals surface area contributed by atoms with Crippen LogP contribution in [0.1, 0.15) is 31.2 Å². The van der Waals surface area contributed by atoms with Crippen molar-refractivity contribution in [3.8, 4) is 5.75 Å². The number of methoxy groups -OCH3 is 1. The molecule has 0 aliphatic carbocycles. The second-order valence-electron chi connectivity index (χ2n) is 6.44. The lowest BCUT2D eigenvalue weighted by Gasteiger charge is -2.13. The van der Waals surface area contributed by atoms with Gasteiger partial charge in [0.2, 0.25) is 0 Å². The highest BCUT2D eigenvalue weighted by Gasteiger charge is 2.14. The van der Waals surface area contributed by atoms with Gasteiger partial charge in [-0.3, -0.25) is 4.99 Å². The van der Waals surface area contributed by atoms with Crippen LogP contribution in [-0.4, -0.2) is 59.1 Å². The van der Waals surface area contributed by atoms with Crippen molar-refractivity contribution in [2.45, 2.75) is 38.2 Å². The van der Waals surface area contributed by atoms with Crippen LogP contribution in [0.2, 0.25) is 0 Å². The summed E-state index contributed by atoms with van der Waals surface area (Å²) in [5.74, 6) is 1.75. The van der Waals surface area contributed by atoms with Gasteiger partial charge in [0.25, 0.3) is 0 Å². The van der Waals surface area contributed by atoms with Gasteiger partial charge in [-0.25, -0.2) is 0 Å². The van der Waals surface area contributed by atoms with Gasteiger partial charge in [-0.15, -0.1) is 24.0 Å². The Bertz CT molecular complexity index is 537. The monoisotopic (exact) mass is 491 g/mol. The van der Waals surface area contributed by atoms with Crippen molar-refractivity contribution >= 4 is 29.9 Å². The first-order chi connectivity index (χ1) is 12.8. The van der Waals surface area contributed by atoms with Crippen LogP contribution >= 0.6 is 24.0 Å². The number of ether oxygens (including phenoxy) is 3. The van der Waals surface area contributed by atoms with Crippen LogP contribution in [0.5, 0.6) is 5.75 Å². The van der Waals surface area contributed by atoms with E-state index in [1.54, 1.807) is 14.2 Å². The smallest absolute Gasteiger partial charge is 0.190 e.